The fourth-order valence-electron chi connectivity index (χ4n) is 0.0605. The lowest BCUT2D eigenvalue weighted by Crippen LogP contribution is -2.24. The second-order valence-corrected chi connectivity index (χ2v) is 1.49. The third kappa shape index (κ3) is 2.36. The number of rotatable bonds is 1. The summed E-state index contributed by atoms with van der Waals surface area (Å²) in [6.07, 6.45) is 0. The molecule has 0 unspecified atom stereocenters. The molecule has 0 amide bonds. The number of nitrogens with zero attached hydrogens (tertiary/aromatic N) is 1. The van der Waals surface area contributed by atoms with Crippen LogP contribution in [0.4, 0.5) is 0 Å². The highest BCUT2D eigenvalue weighted by molar-refractivity contribution is 7.79. The van der Waals surface area contributed by atoms with E-state index in [0.29, 0.717) is 0 Å². The molecule has 0 aliphatic rings. The largest absolute Gasteiger partial charge is 0.486 e. The SMILES string of the molecule is CN(CO)C(O)=S. The van der Waals surface area contributed by atoms with Crippen LogP contribution in [0.15, 0.2) is 0 Å². The fourth-order valence-corrected chi connectivity index (χ4v) is 0.118. The molecule has 0 aromatic rings. The van der Waals surface area contributed by atoms with Crippen molar-refractivity contribution in [1.29, 1.82) is 0 Å². The number of aliphatic hydroxyl groups is 2. The molecule has 0 heterocycles. The van der Waals surface area contributed by atoms with Crippen LogP contribution in [-0.2, 0) is 0 Å². The lowest BCUT2D eigenvalue weighted by atomic mass is 10.9. The van der Waals surface area contributed by atoms with E-state index in [0.717, 1.165) is 4.90 Å². The van der Waals surface area contributed by atoms with Crippen molar-refractivity contribution in [3.63, 3.8) is 0 Å². The van der Waals surface area contributed by atoms with Gasteiger partial charge in [0.1, 0.15) is 6.73 Å². The van der Waals surface area contributed by atoms with Gasteiger partial charge in [-0.25, -0.2) is 0 Å². The summed E-state index contributed by atoms with van der Waals surface area (Å²) in [5.74, 6) is 0. The molecule has 0 saturated heterocycles. The van der Waals surface area contributed by atoms with Crippen molar-refractivity contribution in [2.45, 2.75) is 0 Å². The molecule has 0 spiro atoms. The first kappa shape index (κ1) is 6.65. The van der Waals surface area contributed by atoms with Crippen molar-refractivity contribution >= 4 is 17.4 Å². The Kier molecular flexibility index (Phi) is 2.62. The van der Waals surface area contributed by atoms with Crippen LogP contribution in [0.5, 0.6) is 0 Å². The van der Waals surface area contributed by atoms with Gasteiger partial charge in [0.25, 0.3) is 5.17 Å². The first-order chi connectivity index (χ1) is 3.18. The zero-order chi connectivity index (χ0) is 5.86. The van der Waals surface area contributed by atoms with E-state index < -0.39 is 0 Å². The molecule has 0 bridgehead atoms. The van der Waals surface area contributed by atoms with E-state index in [1.807, 2.05) is 0 Å². The van der Waals surface area contributed by atoms with E-state index in [-0.39, 0.29) is 11.9 Å². The first-order valence-electron chi connectivity index (χ1n) is 1.73. The van der Waals surface area contributed by atoms with Crippen LogP contribution in [0.1, 0.15) is 0 Å². The van der Waals surface area contributed by atoms with Gasteiger partial charge in [0.05, 0.1) is 0 Å². The molecule has 0 aliphatic heterocycles. The van der Waals surface area contributed by atoms with Crippen molar-refractivity contribution in [2.75, 3.05) is 13.8 Å². The molecule has 0 saturated carbocycles. The summed E-state index contributed by atoms with van der Waals surface area (Å²) >= 11 is 4.24. The van der Waals surface area contributed by atoms with E-state index in [2.05, 4.69) is 12.2 Å². The van der Waals surface area contributed by atoms with Crippen molar-refractivity contribution in [3.8, 4) is 0 Å². The predicted octanol–water partition coefficient (Wildman–Crippen LogP) is -0.289. The summed E-state index contributed by atoms with van der Waals surface area (Å²) in [5, 5.41) is 16.2. The highest BCUT2D eigenvalue weighted by atomic mass is 32.1. The second kappa shape index (κ2) is 2.76. The predicted molar refractivity (Wildman–Crippen MR) is 30.1 cm³/mol. The zero-order valence-corrected chi connectivity index (χ0v) is 4.77. The van der Waals surface area contributed by atoms with Crippen LogP contribution < -0.4 is 0 Å². The molecular weight excluding hydrogens is 114 g/mol. The van der Waals surface area contributed by atoms with Crippen LogP contribution in [0.25, 0.3) is 0 Å². The Morgan fingerprint density at radius 2 is 2.29 bits per heavy atom. The summed E-state index contributed by atoms with van der Waals surface area (Å²) in [5.41, 5.74) is 0. The van der Waals surface area contributed by atoms with Crippen LogP contribution in [-0.4, -0.2) is 34.1 Å². The van der Waals surface area contributed by atoms with Gasteiger partial charge in [0.15, 0.2) is 0 Å². The Balaban J connectivity index is 3.34. The molecule has 0 fully saturated rings. The molecule has 0 aromatic carbocycles. The highest BCUT2D eigenvalue weighted by Gasteiger charge is 1.93. The van der Waals surface area contributed by atoms with E-state index in [1.54, 1.807) is 0 Å². The Morgan fingerprint density at radius 1 is 1.86 bits per heavy atom. The molecule has 0 aromatic heterocycles. The Bertz CT molecular complexity index is 75.3. The molecule has 4 heteroatoms. The minimum Gasteiger partial charge on any atom is -0.486 e. The molecule has 3 nitrogen and oxygen atoms in total. The van der Waals surface area contributed by atoms with Crippen molar-refractivity contribution < 1.29 is 10.2 Å². The Morgan fingerprint density at radius 3 is 2.29 bits per heavy atom. The number of hydrogen-bond donors (Lipinski definition) is 2. The van der Waals surface area contributed by atoms with Gasteiger partial charge in [0.2, 0.25) is 0 Å². The minimum absolute atomic E-state index is 0.241. The molecular formula is C3H7NO2S. The third-order valence-corrected chi connectivity index (χ3v) is 0.850. The highest BCUT2D eigenvalue weighted by Crippen LogP contribution is 1.77. The molecule has 7 heavy (non-hydrogen) atoms. The Labute approximate surface area is 47.2 Å². The van der Waals surface area contributed by atoms with Gasteiger partial charge < -0.3 is 15.1 Å². The van der Waals surface area contributed by atoms with Gasteiger partial charge in [0, 0.05) is 7.05 Å². The van der Waals surface area contributed by atoms with Gasteiger partial charge in [-0.2, -0.15) is 0 Å². The average molecular weight is 121 g/mol. The molecule has 0 radical (unpaired) electrons. The van der Waals surface area contributed by atoms with Crippen molar-refractivity contribution in [1.82, 2.24) is 4.90 Å². The standard InChI is InChI=1S/C3H7NO2S/c1-4(2-5)3(6)7/h5H,2H2,1H3,(H,6,7). The minimum atomic E-state index is -0.289. The monoisotopic (exact) mass is 121 g/mol. The summed E-state index contributed by atoms with van der Waals surface area (Å²) in [6, 6.07) is 0. The lowest BCUT2D eigenvalue weighted by molar-refractivity contribution is 0.176. The summed E-state index contributed by atoms with van der Waals surface area (Å²) < 4.78 is 0. The number of hydrogen-bond acceptors (Lipinski definition) is 2. The summed E-state index contributed by atoms with van der Waals surface area (Å²) in [6.45, 7) is -0.241. The molecule has 0 aliphatic carbocycles. The van der Waals surface area contributed by atoms with Gasteiger partial charge in [-0.1, -0.05) is 0 Å². The average Bonchev–Trinajstić information content (AvgIpc) is 1.65. The zero-order valence-electron chi connectivity index (χ0n) is 3.96. The van der Waals surface area contributed by atoms with Gasteiger partial charge in [-0.05, 0) is 12.2 Å². The van der Waals surface area contributed by atoms with Crippen LogP contribution >= 0.6 is 12.2 Å². The molecule has 2 N–H and O–H groups in total. The van der Waals surface area contributed by atoms with Crippen LogP contribution in [0, 0.1) is 0 Å². The molecule has 42 valence electrons. The number of thiocarbonyl (C=S) groups is 1. The van der Waals surface area contributed by atoms with E-state index >= 15 is 0 Å². The normalized spacial score (nSPS) is 8.29. The summed E-state index contributed by atoms with van der Waals surface area (Å²) in [7, 11) is 1.49. The summed E-state index contributed by atoms with van der Waals surface area (Å²) in [4.78, 5) is 1.13. The quantitative estimate of drug-likeness (QED) is 0.369. The Hall–Kier alpha value is -0.350. The second-order valence-electron chi connectivity index (χ2n) is 1.12. The maximum atomic E-state index is 8.32. The lowest BCUT2D eigenvalue weighted by Gasteiger charge is -2.08. The maximum Gasteiger partial charge on any atom is 0.258 e. The first-order valence-corrected chi connectivity index (χ1v) is 2.14. The topological polar surface area (TPSA) is 43.7 Å². The van der Waals surface area contributed by atoms with Gasteiger partial charge in [-0.15, -0.1) is 0 Å². The van der Waals surface area contributed by atoms with Gasteiger partial charge >= 0.3 is 0 Å². The fraction of sp³-hybridized carbons (Fsp3) is 0.667. The smallest absolute Gasteiger partial charge is 0.258 e. The molecule has 0 atom stereocenters. The van der Waals surface area contributed by atoms with E-state index in [4.69, 9.17) is 10.2 Å². The van der Waals surface area contributed by atoms with E-state index in [9.17, 15) is 0 Å². The van der Waals surface area contributed by atoms with Crippen LogP contribution in [0.2, 0.25) is 0 Å². The maximum absolute atomic E-state index is 8.32. The van der Waals surface area contributed by atoms with Gasteiger partial charge in [-0.3, -0.25) is 0 Å². The molecule has 0 rings (SSSR count). The van der Waals surface area contributed by atoms with E-state index in [1.165, 1.54) is 7.05 Å². The third-order valence-electron chi connectivity index (χ3n) is 0.539. The van der Waals surface area contributed by atoms with Crippen molar-refractivity contribution in [2.24, 2.45) is 0 Å². The van der Waals surface area contributed by atoms with Crippen LogP contribution in [0.3, 0.4) is 0 Å². The number of aliphatic hydroxyl groups excluding tert-OH is 2. The van der Waals surface area contributed by atoms with Crippen molar-refractivity contribution in [3.05, 3.63) is 0 Å².